The third-order valence-electron chi connectivity index (χ3n) is 2.31. The maximum absolute atomic E-state index is 11.3. The quantitative estimate of drug-likeness (QED) is 0.720. The molecule has 0 radical (unpaired) electrons. The zero-order chi connectivity index (χ0) is 9.97. The lowest BCUT2D eigenvalue weighted by molar-refractivity contribution is 0.0892. The third-order valence-corrected chi connectivity index (χ3v) is 2.31. The first kappa shape index (κ1) is 9.21. The number of rotatable bonds is 4. The molecule has 76 valence electrons. The van der Waals surface area contributed by atoms with Gasteiger partial charge < -0.3 is 14.9 Å². The van der Waals surface area contributed by atoms with E-state index in [9.17, 15) is 9.90 Å². The maximum atomic E-state index is 11.3. The molecule has 1 fully saturated rings. The van der Waals surface area contributed by atoms with E-state index in [1.165, 1.54) is 12.3 Å². The van der Waals surface area contributed by atoms with E-state index < -0.39 is 6.10 Å². The van der Waals surface area contributed by atoms with Crippen molar-refractivity contribution in [2.75, 3.05) is 6.54 Å². The van der Waals surface area contributed by atoms with Crippen LogP contribution in [0.3, 0.4) is 0 Å². The minimum Gasteiger partial charge on any atom is -0.391 e. The van der Waals surface area contributed by atoms with Crippen molar-refractivity contribution in [1.82, 2.24) is 10.5 Å². The van der Waals surface area contributed by atoms with Gasteiger partial charge in [0.25, 0.3) is 5.91 Å². The highest BCUT2D eigenvalue weighted by atomic mass is 16.5. The molecule has 14 heavy (non-hydrogen) atoms. The second-order valence-corrected chi connectivity index (χ2v) is 3.50. The third kappa shape index (κ3) is 2.11. The number of carbonyl (C=O) groups excluding carboxylic acids is 1. The van der Waals surface area contributed by atoms with E-state index in [1.54, 1.807) is 0 Å². The number of aromatic nitrogens is 1. The molecule has 2 N–H and O–H groups in total. The molecular weight excluding hydrogens is 184 g/mol. The van der Waals surface area contributed by atoms with Crippen molar-refractivity contribution < 1.29 is 14.4 Å². The fourth-order valence-corrected chi connectivity index (χ4v) is 1.27. The van der Waals surface area contributed by atoms with Crippen LogP contribution in [0.25, 0.3) is 0 Å². The highest BCUT2D eigenvalue weighted by Gasteiger charge is 2.29. The molecular formula is C9H12N2O3. The van der Waals surface area contributed by atoms with Crippen LogP contribution >= 0.6 is 0 Å². The summed E-state index contributed by atoms with van der Waals surface area (Å²) < 4.78 is 4.53. The average molecular weight is 196 g/mol. The van der Waals surface area contributed by atoms with Crippen LogP contribution in [0.2, 0.25) is 0 Å². The Kier molecular flexibility index (Phi) is 2.49. The van der Waals surface area contributed by atoms with E-state index in [0.717, 1.165) is 12.8 Å². The Morgan fingerprint density at radius 2 is 2.57 bits per heavy atom. The number of amides is 1. The van der Waals surface area contributed by atoms with Gasteiger partial charge >= 0.3 is 0 Å². The number of nitrogens with one attached hydrogen (secondary N) is 1. The standard InChI is InChI=1S/C9H12N2O3/c12-8(6-1-2-6)5-10-9(13)7-3-4-14-11-7/h3-4,6,8,12H,1-2,5H2,(H,10,13). The van der Waals surface area contributed by atoms with Crippen LogP contribution in [-0.2, 0) is 0 Å². The average Bonchev–Trinajstić information content (AvgIpc) is 2.90. The minimum absolute atomic E-state index is 0.244. The molecule has 1 unspecified atom stereocenters. The van der Waals surface area contributed by atoms with Gasteiger partial charge in [0.2, 0.25) is 0 Å². The predicted molar refractivity (Wildman–Crippen MR) is 47.6 cm³/mol. The van der Waals surface area contributed by atoms with Crippen LogP contribution in [0.5, 0.6) is 0 Å². The molecule has 1 aliphatic carbocycles. The van der Waals surface area contributed by atoms with Gasteiger partial charge in [-0.1, -0.05) is 5.16 Å². The number of hydrogen-bond acceptors (Lipinski definition) is 4. The van der Waals surface area contributed by atoms with Gasteiger partial charge in [-0.15, -0.1) is 0 Å². The monoisotopic (exact) mass is 196 g/mol. The van der Waals surface area contributed by atoms with Gasteiger partial charge in [0, 0.05) is 12.6 Å². The molecule has 1 aromatic heterocycles. The molecule has 1 aliphatic rings. The maximum Gasteiger partial charge on any atom is 0.273 e. The summed E-state index contributed by atoms with van der Waals surface area (Å²) in [7, 11) is 0. The second kappa shape index (κ2) is 3.79. The molecule has 2 rings (SSSR count). The molecule has 0 aliphatic heterocycles. The second-order valence-electron chi connectivity index (χ2n) is 3.50. The lowest BCUT2D eigenvalue weighted by Crippen LogP contribution is -2.33. The van der Waals surface area contributed by atoms with Crippen LogP contribution in [0.15, 0.2) is 16.9 Å². The Balaban J connectivity index is 1.77. The largest absolute Gasteiger partial charge is 0.391 e. The fourth-order valence-electron chi connectivity index (χ4n) is 1.27. The van der Waals surface area contributed by atoms with Gasteiger partial charge in [-0.2, -0.15) is 0 Å². The molecule has 1 heterocycles. The topological polar surface area (TPSA) is 75.4 Å². The molecule has 5 nitrogen and oxygen atoms in total. The zero-order valence-electron chi connectivity index (χ0n) is 7.64. The molecule has 0 spiro atoms. The highest BCUT2D eigenvalue weighted by Crippen LogP contribution is 2.32. The molecule has 0 saturated heterocycles. The number of carbonyl (C=O) groups is 1. The Hall–Kier alpha value is -1.36. The molecule has 1 atom stereocenters. The van der Waals surface area contributed by atoms with E-state index in [1.807, 2.05) is 0 Å². The summed E-state index contributed by atoms with van der Waals surface area (Å²) in [5.41, 5.74) is 0.244. The molecule has 5 heteroatoms. The summed E-state index contributed by atoms with van der Waals surface area (Å²) in [6.45, 7) is 0.288. The van der Waals surface area contributed by atoms with Crippen LogP contribution in [0.1, 0.15) is 23.3 Å². The first-order valence-electron chi connectivity index (χ1n) is 4.64. The van der Waals surface area contributed by atoms with E-state index >= 15 is 0 Å². The van der Waals surface area contributed by atoms with Crippen molar-refractivity contribution in [3.05, 3.63) is 18.0 Å². The van der Waals surface area contributed by atoms with Gasteiger partial charge in [0.1, 0.15) is 6.26 Å². The summed E-state index contributed by atoms with van der Waals surface area (Å²) in [6, 6.07) is 1.48. The smallest absolute Gasteiger partial charge is 0.273 e. The molecule has 0 aromatic carbocycles. The first-order chi connectivity index (χ1) is 6.77. The summed E-state index contributed by atoms with van der Waals surface area (Å²) in [6.07, 6.45) is 3.03. The summed E-state index contributed by atoms with van der Waals surface area (Å²) in [5, 5.41) is 15.6. The Morgan fingerprint density at radius 3 is 3.14 bits per heavy atom. The van der Waals surface area contributed by atoms with Crippen LogP contribution in [0, 0.1) is 5.92 Å². The van der Waals surface area contributed by atoms with Gasteiger partial charge in [-0.25, -0.2) is 0 Å². The number of aliphatic hydroxyl groups excluding tert-OH is 1. The molecule has 1 saturated carbocycles. The van der Waals surface area contributed by atoms with E-state index in [0.29, 0.717) is 5.92 Å². The predicted octanol–water partition coefficient (Wildman–Crippen LogP) is 0.175. The van der Waals surface area contributed by atoms with Gasteiger partial charge in [0.15, 0.2) is 5.69 Å². The van der Waals surface area contributed by atoms with Crippen LogP contribution in [0.4, 0.5) is 0 Å². The summed E-state index contributed by atoms with van der Waals surface area (Å²) in [5.74, 6) is 0.0612. The lowest BCUT2D eigenvalue weighted by Gasteiger charge is -2.08. The summed E-state index contributed by atoms with van der Waals surface area (Å²) >= 11 is 0. The summed E-state index contributed by atoms with van der Waals surface area (Å²) in [4.78, 5) is 11.3. The lowest BCUT2D eigenvalue weighted by atomic mass is 10.2. The van der Waals surface area contributed by atoms with Gasteiger partial charge in [-0.05, 0) is 18.8 Å². The van der Waals surface area contributed by atoms with Crippen molar-refractivity contribution in [1.29, 1.82) is 0 Å². The number of hydrogen-bond donors (Lipinski definition) is 2. The number of aliphatic hydroxyl groups is 1. The van der Waals surface area contributed by atoms with E-state index in [4.69, 9.17) is 0 Å². The van der Waals surface area contributed by atoms with Crippen molar-refractivity contribution >= 4 is 5.91 Å². The SMILES string of the molecule is O=C(NCC(O)C1CC1)c1ccon1. The van der Waals surface area contributed by atoms with Crippen molar-refractivity contribution in [3.8, 4) is 0 Å². The Labute approximate surface area is 81.1 Å². The first-order valence-corrected chi connectivity index (χ1v) is 4.64. The fraction of sp³-hybridized carbons (Fsp3) is 0.556. The number of nitrogens with zero attached hydrogens (tertiary/aromatic N) is 1. The van der Waals surface area contributed by atoms with Crippen molar-refractivity contribution in [2.24, 2.45) is 5.92 Å². The molecule has 1 amide bonds. The Morgan fingerprint density at radius 1 is 1.79 bits per heavy atom. The van der Waals surface area contributed by atoms with Crippen molar-refractivity contribution in [2.45, 2.75) is 18.9 Å². The van der Waals surface area contributed by atoms with Crippen LogP contribution in [-0.4, -0.2) is 28.8 Å². The van der Waals surface area contributed by atoms with E-state index in [-0.39, 0.29) is 18.1 Å². The highest BCUT2D eigenvalue weighted by molar-refractivity contribution is 5.91. The Bertz CT molecular complexity index is 306. The zero-order valence-corrected chi connectivity index (χ0v) is 7.64. The molecule has 1 aromatic rings. The normalized spacial score (nSPS) is 17.8. The van der Waals surface area contributed by atoms with Crippen molar-refractivity contribution in [3.63, 3.8) is 0 Å². The molecule has 0 bridgehead atoms. The van der Waals surface area contributed by atoms with Crippen LogP contribution < -0.4 is 5.32 Å². The van der Waals surface area contributed by atoms with E-state index in [2.05, 4.69) is 15.0 Å². The van der Waals surface area contributed by atoms with Gasteiger partial charge in [0.05, 0.1) is 6.10 Å². The minimum atomic E-state index is -0.425. The van der Waals surface area contributed by atoms with Gasteiger partial charge in [-0.3, -0.25) is 4.79 Å².